The zero-order valence-corrected chi connectivity index (χ0v) is 10.9. The maximum absolute atomic E-state index is 4.31. The van der Waals surface area contributed by atoms with E-state index in [1.165, 1.54) is 31.5 Å². The summed E-state index contributed by atoms with van der Waals surface area (Å²) in [6.45, 7) is 8.76. The highest BCUT2D eigenvalue weighted by Crippen LogP contribution is 2.15. The Bertz CT molecular complexity index is 334. The average Bonchev–Trinajstić information content (AvgIpc) is 2.79. The van der Waals surface area contributed by atoms with Gasteiger partial charge in [-0.25, -0.2) is 0 Å². The molecule has 1 aliphatic heterocycles. The summed E-state index contributed by atoms with van der Waals surface area (Å²) in [5, 5.41) is 3.55. The first-order valence-electron chi connectivity index (χ1n) is 6.66. The van der Waals surface area contributed by atoms with Gasteiger partial charge in [0.2, 0.25) is 0 Å². The Labute approximate surface area is 104 Å². The van der Waals surface area contributed by atoms with E-state index in [0.29, 0.717) is 0 Å². The van der Waals surface area contributed by atoms with Crippen LogP contribution in [0.5, 0.6) is 0 Å². The zero-order valence-electron chi connectivity index (χ0n) is 10.9. The van der Waals surface area contributed by atoms with Crippen molar-refractivity contribution in [3.63, 3.8) is 0 Å². The van der Waals surface area contributed by atoms with Gasteiger partial charge >= 0.3 is 0 Å². The van der Waals surface area contributed by atoms with Gasteiger partial charge in [-0.2, -0.15) is 0 Å². The van der Waals surface area contributed by atoms with Crippen LogP contribution < -0.4 is 5.32 Å². The number of likely N-dealkylation sites (N-methyl/N-ethyl adjacent to an activating group) is 1. The predicted octanol–water partition coefficient (Wildman–Crippen LogP) is 1.96. The highest BCUT2D eigenvalue weighted by Gasteiger charge is 2.21. The van der Waals surface area contributed by atoms with E-state index in [-0.39, 0.29) is 0 Å². The summed E-state index contributed by atoms with van der Waals surface area (Å²) in [7, 11) is 0. The number of aryl methyl sites for hydroxylation is 1. The SMILES string of the molecule is CCN1CCCC1CNCc1ccc(C)nc1. The molecule has 0 bridgehead atoms. The number of hydrogen-bond acceptors (Lipinski definition) is 3. The van der Waals surface area contributed by atoms with Crippen LogP contribution in [-0.4, -0.2) is 35.6 Å². The summed E-state index contributed by atoms with van der Waals surface area (Å²) in [5.41, 5.74) is 2.36. The van der Waals surface area contributed by atoms with Crippen LogP contribution in [0, 0.1) is 6.92 Å². The first kappa shape index (κ1) is 12.5. The van der Waals surface area contributed by atoms with Gasteiger partial charge in [0.05, 0.1) is 0 Å². The lowest BCUT2D eigenvalue weighted by Gasteiger charge is -2.22. The van der Waals surface area contributed by atoms with E-state index in [2.05, 4.69) is 34.3 Å². The molecule has 1 fully saturated rings. The third kappa shape index (κ3) is 3.51. The minimum absolute atomic E-state index is 0.735. The van der Waals surface area contributed by atoms with Gasteiger partial charge < -0.3 is 5.32 Å². The molecule has 17 heavy (non-hydrogen) atoms. The summed E-state index contributed by atoms with van der Waals surface area (Å²) in [6.07, 6.45) is 4.66. The van der Waals surface area contributed by atoms with Gasteiger partial charge in [0.25, 0.3) is 0 Å². The van der Waals surface area contributed by atoms with Gasteiger partial charge in [-0.05, 0) is 44.5 Å². The maximum Gasteiger partial charge on any atom is 0.0372 e. The number of likely N-dealkylation sites (tertiary alicyclic amines) is 1. The minimum atomic E-state index is 0.735. The third-order valence-corrected chi connectivity index (χ3v) is 3.59. The Morgan fingerprint density at radius 3 is 3.06 bits per heavy atom. The smallest absolute Gasteiger partial charge is 0.0372 e. The summed E-state index contributed by atoms with van der Waals surface area (Å²) in [6, 6.07) is 4.96. The molecule has 2 rings (SSSR count). The van der Waals surface area contributed by atoms with Crippen LogP contribution in [0.1, 0.15) is 31.0 Å². The van der Waals surface area contributed by atoms with Crippen molar-refractivity contribution in [3.05, 3.63) is 29.6 Å². The van der Waals surface area contributed by atoms with Crippen molar-refractivity contribution in [1.29, 1.82) is 0 Å². The van der Waals surface area contributed by atoms with Gasteiger partial charge in [0.1, 0.15) is 0 Å². The number of nitrogens with one attached hydrogen (secondary N) is 1. The molecule has 1 unspecified atom stereocenters. The molecule has 0 amide bonds. The molecular weight excluding hydrogens is 210 g/mol. The number of rotatable bonds is 5. The number of hydrogen-bond donors (Lipinski definition) is 1. The maximum atomic E-state index is 4.31. The Morgan fingerprint density at radius 2 is 2.35 bits per heavy atom. The largest absolute Gasteiger partial charge is 0.311 e. The van der Waals surface area contributed by atoms with Crippen LogP contribution >= 0.6 is 0 Å². The molecule has 0 saturated carbocycles. The zero-order chi connectivity index (χ0) is 12.1. The predicted molar refractivity (Wildman–Crippen MR) is 70.9 cm³/mol. The van der Waals surface area contributed by atoms with E-state index in [1.54, 1.807) is 0 Å². The average molecular weight is 233 g/mol. The molecule has 1 aromatic heterocycles. The van der Waals surface area contributed by atoms with Crippen LogP contribution in [-0.2, 0) is 6.54 Å². The lowest BCUT2D eigenvalue weighted by Crippen LogP contribution is -2.37. The summed E-state index contributed by atoms with van der Waals surface area (Å²) < 4.78 is 0. The monoisotopic (exact) mass is 233 g/mol. The highest BCUT2D eigenvalue weighted by atomic mass is 15.2. The van der Waals surface area contributed by atoms with Crippen molar-refractivity contribution in [3.8, 4) is 0 Å². The number of aromatic nitrogens is 1. The lowest BCUT2D eigenvalue weighted by molar-refractivity contribution is 0.260. The Morgan fingerprint density at radius 1 is 1.47 bits per heavy atom. The van der Waals surface area contributed by atoms with Crippen molar-refractivity contribution in [2.45, 2.75) is 39.3 Å². The molecule has 1 N–H and O–H groups in total. The molecule has 1 aliphatic rings. The first-order valence-corrected chi connectivity index (χ1v) is 6.66. The molecule has 94 valence electrons. The quantitative estimate of drug-likeness (QED) is 0.842. The molecular formula is C14H23N3. The second-order valence-electron chi connectivity index (χ2n) is 4.86. The second kappa shape index (κ2) is 6.12. The Balaban J connectivity index is 1.74. The van der Waals surface area contributed by atoms with E-state index in [4.69, 9.17) is 0 Å². The first-order chi connectivity index (χ1) is 8.29. The van der Waals surface area contributed by atoms with Crippen molar-refractivity contribution in [2.24, 2.45) is 0 Å². The molecule has 3 heteroatoms. The standard InChI is InChI=1S/C14H23N3/c1-3-17-8-4-5-14(17)11-15-9-13-7-6-12(2)16-10-13/h6-7,10,14-15H,3-5,8-9,11H2,1-2H3. The number of pyridine rings is 1. The molecule has 0 aromatic carbocycles. The normalized spacial score (nSPS) is 20.9. The van der Waals surface area contributed by atoms with E-state index < -0.39 is 0 Å². The fourth-order valence-electron chi connectivity index (χ4n) is 2.53. The molecule has 1 aromatic rings. The van der Waals surface area contributed by atoms with Crippen LogP contribution in [0.4, 0.5) is 0 Å². The van der Waals surface area contributed by atoms with Crippen LogP contribution in [0.15, 0.2) is 18.3 Å². The number of nitrogens with zero attached hydrogens (tertiary/aromatic N) is 2. The van der Waals surface area contributed by atoms with Crippen molar-refractivity contribution >= 4 is 0 Å². The molecule has 0 radical (unpaired) electrons. The fraction of sp³-hybridized carbons (Fsp3) is 0.643. The highest BCUT2D eigenvalue weighted by molar-refractivity contribution is 5.12. The summed E-state index contributed by atoms with van der Waals surface area (Å²) in [4.78, 5) is 6.88. The molecule has 0 spiro atoms. The molecule has 2 heterocycles. The van der Waals surface area contributed by atoms with Crippen LogP contribution in [0.25, 0.3) is 0 Å². The molecule has 1 atom stereocenters. The van der Waals surface area contributed by atoms with Crippen molar-refractivity contribution in [1.82, 2.24) is 15.2 Å². The Hall–Kier alpha value is -0.930. The summed E-state index contributed by atoms with van der Waals surface area (Å²) >= 11 is 0. The van der Waals surface area contributed by atoms with Gasteiger partial charge in [0.15, 0.2) is 0 Å². The summed E-state index contributed by atoms with van der Waals surface area (Å²) in [5.74, 6) is 0. The van der Waals surface area contributed by atoms with Crippen LogP contribution in [0.3, 0.4) is 0 Å². The molecule has 0 aliphatic carbocycles. The van der Waals surface area contributed by atoms with E-state index in [0.717, 1.165) is 24.8 Å². The van der Waals surface area contributed by atoms with Gasteiger partial charge in [0, 0.05) is 31.0 Å². The second-order valence-corrected chi connectivity index (χ2v) is 4.86. The third-order valence-electron chi connectivity index (χ3n) is 3.59. The van der Waals surface area contributed by atoms with Gasteiger partial charge in [-0.3, -0.25) is 9.88 Å². The van der Waals surface area contributed by atoms with E-state index in [1.807, 2.05) is 13.1 Å². The molecule has 3 nitrogen and oxygen atoms in total. The fourth-order valence-corrected chi connectivity index (χ4v) is 2.53. The lowest BCUT2D eigenvalue weighted by atomic mass is 10.2. The van der Waals surface area contributed by atoms with Crippen molar-refractivity contribution in [2.75, 3.05) is 19.6 Å². The van der Waals surface area contributed by atoms with Gasteiger partial charge in [-0.15, -0.1) is 0 Å². The van der Waals surface area contributed by atoms with E-state index >= 15 is 0 Å². The van der Waals surface area contributed by atoms with Crippen LogP contribution in [0.2, 0.25) is 0 Å². The van der Waals surface area contributed by atoms with Gasteiger partial charge in [-0.1, -0.05) is 13.0 Å². The van der Waals surface area contributed by atoms with Crippen molar-refractivity contribution < 1.29 is 0 Å². The minimum Gasteiger partial charge on any atom is -0.311 e. The van der Waals surface area contributed by atoms with E-state index in [9.17, 15) is 0 Å². The topological polar surface area (TPSA) is 28.2 Å². The Kier molecular flexibility index (Phi) is 4.51. The molecule has 1 saturated heterocycles.